The number of nitrogens with two attached hydrogens (primary N) is 1. The maximum atomic E-state index is 13.2. The van der Waals surface area contributed by atoms with E-state index in [9.17, 15) is 43.8 Å². The second kappa shape index (κ2) is 34.5. The maximum absolute atomic E-state index is 13.2. The van der Waals surface area contributed by atoms with Gasteiger partial charge in [0.2, 0.25) is 23.6 Å². The molecule has 1 rings (SSSR count). The highest BCUT2D eigenvalue weighted by Crippen LogP contribution is 2.25. The van der Waals surface area contributed by atoms with Gasteiger partial charge in [0.25, 0.3) is 0 Å². The van der Waals surface area contributed by atoms with E-state index in [4.69, 9.17) is 24.7 Å². The molecule has 370 valence electrons. The standard InChI is InChI=1S/C46H82N4O14/c1-7-9-11-13-15-16-17-18-20-22-24-26-38(53)63-34(25-23-21-19-14-12-10-8-2)29-39(54)61-30-36-41(55)42(40(46(59)64-36)49-33(5)51)62-32(4)45(58)48-31(3)44(57)50-35(43(47)56)27-28-37(52)60-6/h31-32,34-36,40-42,46,55,59H,7-30H2,1-6H3,(H2,47,56)(H,48,58)(H,49,51)(H,50,57)/t31-,32?,34+,35+,36+,40+,41+,42-,46?/m0/s1. The van der Waals surface area contributed by atoms with Crippen molar-refractivity contribution in [2.24, 2.45) is 5.73 Å². The number of hydrogen-bond donors (Lipinski definition) is 6. The molecule has 0 aromatic rings. The summed E-state index contributed by atoms with van der Waals surface area (Å²) < 4.78 is 27.3. The number of unbranched alkanes of at least 4 members (excludes halogenated alkanes) is 16. The molecule has 0 aromatic heterocycles. The Labute approximate surface area is 380 Å². The molecule has 1 aliphatic rings. The van der Waals surface area contributed by atoms with Gasteiger partial charge in [-0.15, -0.1) is 0 Å². The molecule has 1 saturated heterocycles. The number of rotatable bonds is 36. The summed E-state index contributed by atoms with van der Waals surface area (Å²) in [7, 11) is 1.17. The summed E-state index contributed by atoms with van der Waals surface area (Å²) >= 11 is 0. The first kappa shape index (κ1) is 58.1. The summed E-state index contributed by atoms with van der Waals surface area (Å²) in [5.41, 5.74) is 5.36. The quantitative estimate of drug-likeness (QED) is 0.0288. The van der Waals surface area contributed by atoms with Crippen molar-refractivity contribution < 1.29 is 67.5 Å². The van der Waals surface area contributed by atoms with Crippen molar-refractivity contribution in [1.29, 1.82) is 0 Å². The van der Waals surface area contributed by atoms with Crippen molar-refractivity contribution in [1.82, 2.24) is 16.0 Å². The van der Waals surface area contributed by atoms with Crippen LogP contribution in [0.3, 0.4) is 0 Å². The van der Waals surface area contributed by atoms with Crippen molar-refractivity contribution >= 4 is 41.5 Å². The highest BCUT2D eigenvalue weighted by atomic mass is 16.6. The van der Waals surface area contributed by atoms with Gasteiger partial charge in [-0.1, -0.05) is 117 Å². The highest BCUT2D eigenvalue weighted by Gasteiger charge is 2.47. The number of carbonyl (C=O) groups is 7. The number of esters is 3. The molecule has 64 heavy (non-hydrogen) atoms. The van der Waals surface area contributed by atoms with Gasteiger partial charge in [0.05, 0.1) is 13.5 Å². The average Bonchev–Trinajstić information content (AvgIpc) is 3.24. The monoisotopic (exact) mass is 915 g/mol. The van der Waals surface area contributed by atoms with Crippen LogP contribution in [-0.4, -0.2) is 120 Å². The predicted octanol–water partition coefficient (Wildman–Crippen LogP) is 4.46. The Morgan fingerprint density at radius 1 is 0.688 bits per heavy atom. The van der Waals surface area contributed by atoms with E-state index < -0.39 is 97.1 Å². The van der Waals surface area contributed by atoms with E-state index in [2.05, 4.69) is 34.5 Å². The van der Waals surface area contributed by atoms with E-state index in [0.29, 0.717) is 12.8 Å². The van der Waals surface area contributed by atoms with Crippen LogP contribution in [-0.2, 0) is 57.2 Å². The molecule has 0 bridgehead atoms. The molecule has 0 saturated carbocycles. The molecule has 9 atom stereocenters. The number of hydrogen-bond acceptors (Lipinski definition) is 14. The van der Waals surface area contributed by atoms with Gasteiger partial charge in [0, 0.05) is 19.8 Å². The summed E-state index contributed by atoms with van der Waals surface area (Å²) in [5, 5.41) is 29.5. The SMILES string of the molecule is CCCCCCCCCCCCCC(=O)O[C@H](CCCCCCCCC)CC(=O)OC[C@H]1OC(O)[C@H](NC(C)=O)[C@H](OC(C)C(=O)N[C@@H](C)C(=O)N[C@H](CCC(=O)OC)C(N)=O)[C@@H]1O. The zero-order valence-electron chi connectivity index (χ0n) is 39.5. The number of carbonyl (C=O) groups excluding carboxylic acids is 7. The van der Waals surface area contributed by atoms with Crippen LogP contribution < -0.4 is 21.7 Å². The van der Waals surface area contributed by atoms with Gasteiger partial charge in [0.1, 0.15) is 55.3 Å². The van der Waals surface area contributed by atoms with E-state index in [0.717, 1.165) is 57.8 Å². The fraction of sp³-hybridized carbons (Fsp3) is 0.848. The van der Waals surface area contributed by atoms with Crippen LogP contribution in [0.5, 0.6) is 0 Å². The van der Waals surface area contributed by atoms with Crippen LogP contribution in [0.4, 0.5) is 0 Å². The summed E-state index contributed by atoms with van der Waals surface area (Å²) in [6.45, 7) is 7.63. The van der Waals surface area contributed by atoms with Gasteiger partial charge in [-0.05, 0) is 39.5 Å². The van der Waals surface area contributed by atoms with Crippen LogP contribution >= 0.6 is 0 Å². The fourth-order valence-corrected chi connectivity index (χ4v) is 7.39. The number of methoxy groups -OCH3 is 1. The van der Waals surface area contributed by atoms with Crippen molar-refractivity contribution in [3.05, 3.63) is 0 Å². The molecule has 18 heteroatoms. The van der Waals surface area contributed by atoms with Crippen LogP contribution in [0.2, 0.25) is 0 Å². The second-order valence-electron chi connectivity index (χ2n) is 17.0. The molecule has 0 aliphatic carbocycles. The summed E-state index contributed by atoms with van der Waals surface area (Å²) in [5.74, 6) is -4.84. The Bertz CT molecular complexity index is 1390. The third kappa shape index (κ3) is 25.6. The molecule has 2 unspecified atom stereocenters. The minimum atomic E-state index is -1.77. The minimum Gasteiger partial charge on any atom is -0.469 e. The molecular weight excluding hydrogens is 833 g/mol. The highest BCUT2D eigenvalue weighted by molar-refractivity contribution is 5.92. The molecular formula is C46H82N4O14. The number of primary amides is 1. The van der Waals surface area contributed by atoms with Gasteiger partial charge in [-0.2, -0.15) is 0 Å². The lowest BCUT2D eigenvalue weighted by Gasteiger charge is -2.43. The van der Waals surface area contributed by atoms with Crippen molar-refractivity contribution in [2.75, 3.05) is 13.7 Å². The summed E-state index contributed by atoms with van der Waals surface area (Å²) in [6, 6.07) is -3.81. The van der Waals surface area contributed by atoms with E-state index >= 15 is 0 Å². The molecule has 18 nitrogen and oxygen atoms in total. The predicted molar refractivity (Wildman–Crippen MR) is 238 cm³/mol. The van der Waals surface area contributed by atoms with Crippen LogP contribution in [0.1, 0.15) is 182 Å². The zero-order valence-corrected chi connectivity index (χ0v) is 39.5. The Morgan fingerprint density at radius 2 is 1.23 bits per heavy atom. The van der Waals surface area contributed by atoms with Crippen molar-refractivity contribution in [3.63, 3.8) is 0 Å². The topological polar surface area (TPSA) is 268 Å². The van der Waals surface area contributed by atoms with E-state index in [1.807, 2.05) is 0 Å². The largest absolute Gasteiger partial charge is 0.469 e. The first-order valence-electron chi connectivity index (χ1n) is 23.8. The minimum absolute atomic E-state index is 0.133. The molecule has 1 aliphatic heterocycles. The Kier molecular flexibility index (Phi) is 31.3. The Morgan fingerprint density at radius 3 is 1.77 bits per heavy atom. The fourth-order valence-electron chi connectivity index (χ4n) is 7.39. The number of aliphatic hydroxyl groups is 2. The number of aliphatic hydroxyl groups excluding tert-OH is 2. The first-order valence-corrected chi connectivity index (χ1v) is 23.8. The number of ether oxygens (including phenoxy) is 5. The lowest BCUT2D eigenvalue weighted by Crippen LogP contribution is -2.66. The van der Waals surface area contributed by atoms with Crippen LogP contribution in [0.15, 0.2) is 0 Å². The normalized spacial score (nSPS) is 20.2. The summed E-state index contributed by atoms with van der Waals surface area (Å²) in [6.07, 6.45) is 11.8. The number of nitrogens with one attached hydrogen (secondary N) is 3. The van der Waals surface area contributed by atoms with Gasteiger partial charge in [-0.3, -0.25) is 33.6 Å². The van der Waals surface area contributed by atoms with Crippen LogP contribution in [0.25, 0.3) is 0 Å². The average molecular weight is 915 g/mol. The molecule has 7 N–H and O–H groups in total. The van der Waals surface area contributed by atoms with Gasteiger partial charge in [0.15, 0.2) is 6.29 Å². The molecule has 1 fully saturated rings. The van der Waals surface area contributed by atoms with E-state index in [-0.39, 0.29) is 31.7 Å². The van der Waals surface area contributed by atoms with Gasteiger partial charge in [-0.25, -0.2) is 0 Å². The summed E-state index contributed by atoms with van der Waals surface area (Å²) in [4.78, 5) is 87.5. The molecule has 0 aromatic carbocycles. The molecule has 0 spiro atoms. The lowest BCUT2D eigenvalue weighted by molar-refractivity contribution is -0.267. The Hall–Kier alpha value is -3.87. The van der Waals surface area contributed by atoms with Crippen molar-refractivity contribution in [3.8, 4) is 0 Å². The third-order valence-electron chi connectivity index (χ3n) is 11.3. The lowest BCUT2D eigenvalue weighted by atomic mass is 9.96. The smallest absolute Gasteiger partial charge is 0.309 e. The molecule has 4 amide bonds. The third-order valence-corrected chi connectivity index (χ3v) is 11.3. The molecule has 1 heterocycles. The zero-order chi connectivity index (χ0) is 47.9. The maximum Gasteiger partial charge on any atom is 0.309 e. The van der Waals surface area contributed by atoms with E-state index in [1.165, 1.54) is 79.2 Å². The second-order valence-corrected chi connectivity index (χ2v) is 17.0. The molecule has 0 radical (unpaired) electrons. The van der Waals surface area contributed by atoms with Crippen LogP contribution in [0, 0.1) is 0 Å². The van der Waals surface area contributed by atoms with Crippen molar-refractivity contribution in [2.45, 2.75) is 237 Å². The van der Waals surface area contributed by atoms with Gasteiger partial charge < -0.3 is 55.6 Å². The van der Waals surface area contributed by atoms with E-state index in [1.54, 1.807) is 0 Å². The number of amides is 4. The van der Waals surface area contributed by atoms with Gasteiger partial charge >= 0.3 is 17.9 Å². The first-order chi connectivity index (χ1) is 30.5. The Balaban J connectivity index is 2.86.